The molecule has 1 fully saturated rings. The molecule has 1 aromatic heterocycles. The second-order valence-corrected chi connectivity index (χ2v) is 8.74. The first-order chi connectivity index (χ1) is 13.4. The highest BCUT2D eigenvalue weighted by molar-refractivity contribution is 7.91. The molecule has 0 radical (unpaired) electrons. The van der Waals surface area contributed by atoms with Crippen molar-refractivity contribution in [2.45, 2.75) is 22.6 Å². The van der Waals surface area contributed by atoms with Crippen molar-refractivity contribution in [3.63, 3.8) is 0 Å². The normalized spacial score (nSPS) is 14.4. The van der Waals surface area contributed by atoms with Crippen molar-refractivity contribution in [3.05, 3.63) is 66.5 Å². The van der Waals surface area contributed by atoms with Crippen LogP contribution in [0.3, 0.4) is 0 Å². The van der Waals surface area contributed by atoms with Crippen molar-refractivity contribution >= 4 is 21.3 Å². The van der Waals surface area contributed by atoms with Crippen LogP contribution in [0.1, 0.15) is 12.8 Å². The predicted octanol–water partition coefficient (Wildman–Crippen LogP) is 3.90. The first kappa shape index (κ1) is 18.4. The van der Waals surface area contributed by atoms with E-state index in [9.17, 15) is 12.8 Å². The van der Waals surface area contributed by atoms with Crippen LogP contribution in [-0.4, -0.2) is 26.5 Å². The van der Waals surface area contributed by atoms with Crippen LogP contribution in [0.2, 0.25) is 0 Å². The smallest absolute Gasteiger partial charge is 0.206 e. The van der Waals surface area contributed by atoms with E-state index >= 15 is 0 Å². The van der Waals surface area contributed by atoms with Gasteiger partial charge in [-0.1, -0.05) is 12.1 Å². The summed E-state index contributed by atoms with van der Waals surface area (Å²) in [5.41, 5.74) is 6.74. The summed E-state index contributed by atoms with van der Waals surface area (Å²) in [6.07, 6.45) is 2.04. The van der Waals surface area contributed by atoms with Crippen LogP contribution in [0.15, 0.2) is 70.5 Å². The lowest BCUT2D eigenvalue weighted by Crippen LogP contribution is -2.20. The van der Waals surface area contributed by atoms with E-state index in [0.717, 1.165) is 25.9 Å². The molecule has 0 saturated carbocycles. The van der Waals surface area contributed by atoms with Crippen molar-refractivity contribution in [2.24, 2.45) is 0 Å². The Morgan fingerprint density at radius 1 is 0.929 bits per heavy atom. The molecule has 144 valence electrons. The topological polar surface area (TPSA) is 76.3 Å². The van der Waals surface area contributed by atoms with Gasteiger partial charge in [-0.2, -0.15) is 0 Å². The highest BCUT2D eigenvalue weighted by atomic mass is 32.2. The molecular formula is C21H20FN3O2S. The minimum absolute atomic E-state index is 0.0902. The van der Waals surface area contributed by atoms with Gasteiger partial charge in [0.1, 0.15) is 11.6 Å². The van der Waals surface area contributed by atoms with Crippen LogP contribution in [0, 0.1) is 5.82 Å². The van der Waals surface area contributed by atoms with Gasteiger partial charge in [0.05, 0.1) is 15.5 Å². The zero-order valence-electron chi connectivity index (χ0n) is 15.2. The van der Waals surface area contributed by atoms with Crippen molar-refractivity contribution in [1.82, 2.24) is 4.98 Å². The van der Waals surface area contributed by atoms with E-state index < -0.39 is 15.7 Å². The quantitative estimate of drug-likeness (QED) is 0.676. The molecule has 0 bridgehead atoms. The predicted molar refractivity (Wildman–Crippen MR) is 107 cm³/mol. The van der Waals surface area contributed by atoms with E-state index in [0.29, 0.717) is 17.2 Å². The number of nitrogens with zero attached hydrogens (tertiary/aromatic N) is 2. The van der Waals surface area contributed by atoms with Gasteiger partial charge in [-0.05, 0) is 61.4 Å². The number of rotatable bonds is 4. The molecule has 5 nitrogen and oxygen atoms in total. The summed E-state index contributed by atoms with van der Waals surface area (Å²) in [4.78, 5) is 6.83. The third-order valence-electron chi connectivity index (χ3n) is 4.87. The van der Waals surface area contributed by atoms with Gasteiger partial charge in [-0.3, -0.25) is 0 Å². The Labute approximate surface area is 163 Å². The first-order valence-electron chi connectivity index (χ1n) is 9.08. The standard InChI is InChI=1S/C21H20FN3O2S/c22-19-6-2-1-5-18(19)20-13-17(14-21(24-20)25-11-3-4-12-25)28(26,27)16-9-7-15(23)8-10-16/h1-2,5-10,13-14H,3-4,11-12,23H2. The Balaban J connectivity index is 1.89. The van der Waals surface area contributed by atoms with Gasteiger partial charge in [-0.25, -0.2) is 17.8 Å². The Hall–Kier alpha value is -2.93. The van der Waals surface area contributed by atoms with Crippen LogP contribution in [0.5, 0.6) is 0 Å². The number of hydrogen-bond donors (Lipinski definition) is 1. The molecule has 2 aromatic carbocycles. The molecule has 0 amide bonds. The van der Waals surface area contributed by atoms with Gasteiger partial charge in [0, 0.05) is 24.3 Å². The summed E-state index contributed by atoms with van der Waals surface area (Å²) in [6, 6.07) is 15.3. The lowest BCUT2D eigenvalue weighted by Gasteiger charge is -2.19. The van der Waals surface area contributed by atoms with Crippen LogP contribution in [0.25, 0.3) is 11.3 Å². The molecule has 0 unspecified atom stereocenters. The fourth-order valence-electron chi connectivity index (χ4n) is 3.34. The molecule has 1 saturated heterocycles. The van der Waals surface area contributed by atoms with Crippen molar-refractivity contribution in [1.29, 1.82) is 0 Å². The fourth-order valence-corrected chi connectivity index (χ4v) is 4.64. The lowest BCUT2D eigenvalue weighted by atomic mass is 10.1. The minimum Gasteiger partial charge on any atom is -0.399 e. The summed E-state index contributed by atoms with van der Waals surface area (Å²) in [6.45, 7) is 1.60. The van der Waals surface area contributed by atoms with E-state index in [2.05, 4.69) is 4.98 Å². The molecular weight excluding hydrogens is 377 g/mol. The Morgan fingerprint density at radius 2 is 1.61 bits per heavy atom. The monoisotopic (exact) mass is 397 g/mol. The molecule has 2 heterocycles. The number of halogens is 1. The van der Waals surface area contributed by atoms with Gasteiger partial charge >= 0.3 is 0 Å². The number of nitrogen functional groups attached to an aromatic ring is 1. The SMILES string of the molecule is Nc1ccc(S(=O)(=O)c2cc(-c3ccccc3F)nc(N3CCCC3)c2)cc1. The zero-order valence-corrected chi connectivity index (χ0v) is 16.0. The molecule has 2 N–H and O–H groups in total. The number of benzene rings is 2. The van der Waals surface area contributed by atoms with Gasteiger partial charge < -0.3 is 10.6 Å². The minimum atomic E-state index is -3.80. The van der Waals surface area contributed by atoms with Crippen LogP contribution in [-0.2, 0) is 9.84 Å². The van der Waals surface area contributed by atoms with E-state index in [-0.39, 0.29) is 15.4 Å². The number of pyridine rings is 1. The lowest BCUT2D eigenvalue weighted by molar-refractivity contribution is 0.596. The molecule has 0 aliphatic carbocycles. The molecule has 0 spiro atoms. The number of sulfone groups is 1. The second kappa shape index (κ2) is 7.24. The number of aromatic nitrogens is 1. The Kier molecular flexibility index (Phi) is 4.77. The summed E-state index contributed by atoms with van der Waals surface area (Å²) in [5, 5.41) is 0. The summed E-state index contributed by atoms with van der Waals surface area (Å²) in [7, 11) is -3.80. The average molecular weight is 397 g/mol. The molecule has 3 aromatic rings. The van der Waals surface area contributed by atoms with Crippen LogP contribution >= 0.6 is 0 Å². The third-order valence-corrected chi connectivity index (χ3v) is 6.61. The average Bonchev–Trinajstić information content (AvgIpc) is 3.23. The van der Waals surface area contributed by atoms with Gasteiger partial charge in [0.2, 0.25) is 9.84 Å². The summed E-state index contributed by atoms with van der Waals surface area (Å²) >= 11 is 0. The fraction of sp³-hybridized carbons (Fsp3) is 0.190. The van der Waals surface area contributed by atoms with Crippen LogP contribution in [0.4, 0.5) is 15.9 Å². The molecule has 1 aliphatic heterocycles. The van der Waals surface area contributed by atoms with Crippen molar-refractivity contribution < 1.29 is 12.8 Å². The van der Waals surface area contributed by atoms with E-state index in [1.165, 1.54) is 24.3 Å². The summed E-state index contributed by atoms with van der Waals surface area (Å²) < 4.78 is 40.8. The molecule has 4 rings (SSSR count). The number of anilines is 2. The first-order valence-corrected chi connectivity index (χ1v) is 10.6. The van der Waals surface area contributed by atoms with E-state index in [1.807, 2.05) is 4.90 Å². The largest absolute Gasteiger partial charge is 0.399 e. The molecule has 28 heavy (non-hydrogen) atoms. The maximum absolute atomic E-state index is 14.4. The molecule has 1 aliphatic rings. The van der Waals surface area contributed by atoms with E-state index in [1.54, 1.807) is 36.4 Å². The van der Waals surface area contributed by atoms with Gasteiger partial charge in [0.25, 0.3) is 0 Å². The van der Waals surface area contributed by atoms with Gasteiger partial charge in [0.15, 0.2) is 0 Å². The van der Waals surface area contributed by atoms with Crippen molar-refractivity contribution in [2.75, 3.05) is 23.7 Å². The zero-order chi connectivity index (χ0) is 19.7. The maximum Gasteiger partial charge on any atom is 0.206 e. The van der Waals surface area contributed by atoms with Gasteiger partial charge in [-0.15, -0.1) is 0 Å². The second-order valence-electron chi connectivity index (χ2n) is 6.79. The Morgan fingerprint density at radius 3 is 2.29 bits per heavy atom. The third kappa shape index (κ3) is 3.45. The molecule has 7 heteroatoms. The molecule has 0 atom stereocenters. The van der Waals surface area contributed by atoms with Crippen molar-refractivity contribution in [3.8, 4) is 11.3 Å². The highest BCUT2D eigenvalue weighted by Crippen LogP contribution is 2.31. The Bertz CT molecular complexity index is 1110. The highest BCUT2D eigenvalue weighted by Gasteiger charge is 2.23. The summed E-state index contributed by atoms with van der Waals surface area (Å²) in [5.74, 6) is 0.108. The number of hydrogen-bond acceptors (Lipinski definition) is 5. The maximum atomic E-state index is 14.4. The number of nitrogens with two attached hydrogens (primary N) is 1. The van der Waals surface area contributed by atoms with E-state index in [4.69, 9.17) is 5.73 Å². The van der Waals surface area contributed by atoms with Crippen LogP contribution < -0.4 is 10.6 Å².